The van der Waals surface area contributed by atoms with Crippen molar-refractivity contribution in [2.45, 2.75) is 25.8 Å². The van der Waals surface area contributed by atoms with E-state index >= 15 is 0 Å². The van der Waals surface area contributed by atoms with Crippen LogP contribution in [0, 0.1) is 0 Å². The summed E-state index contributed by atoms with van der Waals surface area (Å²) in [5.41, 5.74) is 0.603. The van der Waals surface area contributed by atoms with E-state index in [1.807, 2.05) is 18.2 Å². The van der Waals surface area contributed by atoms with Crippen molar-refractivity contribution in [2.75, 3.05) is 26.7 Å². The molecule has 4 nitrogen and oxygen atoms in total. The van der Waals surface area contributed by atoms with Gasteiger partial charge in [0.1, 0.15) is 5.75 Å². The molecule has 0 bridgehead atoms. The van der Waals surface area contributed by atoms with E-state index in [9.17, 15) is 4.79 Å². The molecular weight excluding hydrogens is 240 g/mol. The van der Waals surface area contributed by atoms with Gasteiger partial charge in [-0.3, -0.25) is 9.69 Å². The van der Waals surface area contributed by atoms with Gasteiger partial charge in [-0.2, -0.15) is 0 Å². The average molecular weight is 262 g/mol. The molecule has 0 aliphatic carbocycles. The molecular formula is C15H22N2O2. The summed E-state index contributed by atoms with van der Waals surface area (Å²) in [7, 11) is 1.59. The highest BCUT2D eigenvalue weighted by Crippen LogP contribution is 2.18. The SMILES string of the molecule is CCN1CCC[C@@H]1CNC(=O)c1ccccc1OC. The molecule has 2 rings (SSSR count). The predicted molar refractivity (Wildman–Crippen MR) is 75.6 cm³/mol. The number of rotatable bonds is 5. The minimum Gasteiger partial charge on any atom is -0.496 e. The Morgan fingerprint density at radius 2 is 2.26 bits per heavy atom. The monoisotopic (exact) mass is 262 g/mol. The summed E-state index contributed by atoms with van der Waals surface area (Å²) in [4.78, 5) is 14.6. The van der Waals surface area contributed by atoms with E-state index in [0.717, 1.165) is 13.1 Å². The lowest BCUT2D eigenvalue weighted by atomic mass is 10.1. The Kier molecular flexibility index (Phi) is 4.80. The van der Waals surface area contributed by atoms with Crippen LogP contribution < -0.4 is 10.1 Å². The van der Waals surface area contributed by atoms with Gasteiger partial charge in [-0.15, -0.1) is 0 Å². The highest BCUT2D eigenvalue weighted by molar-refractivity contribution is 5.96. The normalized spacial score (nSPS) is 19.4. The fourth-order valence-corrected chi connectivity index (χ4v) is 2.68. The van der Waals surface area contributed by atoms with Crippen molar-refractivity contribution >= 4 is 5.91 Å². The van der Waals surface area contributed by atoms with Crippen LogP contribution in [0.3, 0.4) is 0 Å². The quantitative estimate of drug-likeness (QED) is 0.881. The number of hydrogen-bond donors (Lipinski definition) is 1. The first-order valence-electron chi connectivity index (χ1n) is 6.91. The third-order valence-electron chi connectivity index (χ3n) is 3.76. The summed E-state index contributed by atoms with van der Waals surface area (Å²) in [5.74, 6) is 0.569. The van der Waals surface area contributed by atoms with Gasteiger partial charge in [-0.25, -0.2) is 0 Å². The van der Waals surface area contributed by atoms with Crippen LogP contribution in [-0.4, -0.2) is 43.6 Å². The lowest BCUT2D eigenvalue weighted by Gasteiger charge is -2.23. The first-order valence-corrected chi connectivity index (χ1v) is 6.91. The number of carbonyl (C=O) groups is 1. The maximum Gasteiger partial charge on any atom is 0.255 e. The second kappa shape index (κ2) is 6.57. The van der Waals surface area contributed by atoms with Gasteiger partial charge in [0.15, 0.2) is 0 Å². The number of likely N-dealkylation sites (N-methyl/N-ethyl adjacent to an activating group) is 1. The van der Waals surface area contributed by atoms with Gasteiger partial charge < -0.3 is 10.1 Å². The van der Waals surface area contributed by atoms with E-state index in [4.69, 9.17) is 4.74 Å². The molecule has 19 heavy (non-hydrogen) atoms. The minimum absolute atomic E-state index is 0.0552. The van der Waals surface area contributed by atoms with E-state index in [-0.39, 0.29) is 5.91 Å². The molecule has 1 saturated heterocycles. The molecule has 1 aromatic rings. The van der Waals surface area contributed by atoms with E-state index < -0.39 is 0 Å². The van der Waals surface area contributed by atoms with E-state index in [1.165, 1.54) is 12.8 Å². The lowest BCUT2D eigenvalue weighted by molar-refractivity contribution is 0.0938. The van der Waals surface area contributed by atoms with E-state index in [2.05, 4.69) is 17.1 Å². The highest BCUT2D eigenvalue weighted by atomic mass is 16.5. The molecule has 1 aromatic carbocycles. The van der Waals surface area contributed by atoms with Crippen LogP contribution in [0.5, 0.6) is 5.75 Å². The van der Waals surface area contributed by atoms with E-state index in [1.54, 1.807) is 13.2 Å². The number of methoxy groups -OCH3 is 1. The standard InChI is InChI=1S/C15H22N2O2/c1-3-17-10-6-7-12(17)11-16-15(18)13-8-4-5-9-14(13)19-2/h4-5,8-9,12H,3,6-7,10-11H2,1-2H3,(H,16,18)/t12-/m1/s1. The Morgan fingerprint density at radius 3 is 3.00 bits per heavy atom. The van der Waals surface area contributed by atoms with Crippen molar-refractivity contribution < 1.29 is 9.53 Å². The zero-order valence-electron chi connectivity index (χ0n) is 11.7. The van der Waals surface area contributed by atoms with Gasteiger partial charge in [-0.1, -0.05) is 19.1 Å². The van der Waals surface area contributed by atoms with Gasteiger partial charge in [0.25, 0.3) is 5.91 Å². The Bertz CT molecular complexity index is 434. The first-order chi connectivity index (χ1) is 9.26. The number of nitrogens with one attached hydrogen (secondary N) is 1. The van der Waals surface area contributed by atoms with Gasteiger partial charge in [0.05, 0.1) is 12.7 Å². The van der Waals surface area contributed by atoms with Crippen LogP contribution in [0.4, 0.5) is 0 Å². The number of benzene rings is 1. The Balaban J connectivity index is 1.94. The smallest absolute Gasteiger partial charge is 0.255 e. The molecule has 4 heteroatoms. The largest absolute Gasteiger partial charge is 0.496 e. The number of hydrogen-bond acceptors (Lipinski definition) is 3. The van der Waals surface area contributed by atoms with Crippen LogP contribution in [0.2, 0.25) is 0 Å². The third kappa shape index (κ3) is 3.26. The van der Waals surface area contributed by atoms with Crippen molar-refractivity contribution in [2.24, 2.45) is 0 Å². The van der Waals surface area contributed by atoms with Gasteiger partial charge in [-0.05, 0) is 38.1 Å². The third-order valence-corrected chi connectivity index (χ3v) is 3.76. The summed E-state index contributed by atoms with van der Waals surface area (Å²) in [6.45, 7) is 5.08. The van der Waals surface area contributed by atoms with Crippen molar-refractivity contribution in [3.05, 3.63) is 29.8 Å². The molecule has 0 saturated carbocycles. The van der Waals surface area contributed by atoms with Crippen LogP contribution in [0.15, 0.2) is 24.3 Å². The molecule has 1 N–H and O–H groups in total. The molecule has 1 heterocycles. The topological polar surface area (TPSA) is 41.6 Å². The average Bonchev–Trinajstić information content (AvgIpc) is 2.92. The first kappa shape index (κ1) is 13.9. The molecule has 1 fully saturated rings. The zero-order chi connectivity index (χ0) is 13.7. The predicted octanol–water partition coefficient (Wildman–Crippen LogP) is 1.91. The maximum absolute atomic E-state index is 12.2. The number of amides is 1. The Morgan fingerprint density at radius 1 is 1.47 bits per heavy atom. The zero-order valence-corrected chi connectivity index (χ0v) is 11.7. The van der Waals surface area contributed by atoms with Gasteiger partial charge >= 0.3 is 0 Å². The summed E-state index contributed by atoms with van der Waals surface area (Å²) in [6, 6.07) is 7.80. The second-order valence-electron chi connectivity index (χ2n) is 4.83. The van der Waals surface area contributed by atoms with Gasteiger partial charge in [0.2, 0.25) is 0 Å². The van der Waals surface area contributed by atoms with Gasteiger partial charge in [0, 0.05) is 12.6 Å². The summed E-state index contributed by atoms with van der Waals surface area (Å²) in [6.07, 6.45) is 2.39. The van der Waals surface area contributed by atoms with Crippen LogP contribution in [0.25, 0.3) is 0 Å². The van der Waals surface area contributed by atoms with Crippen molar-refractivity contribution in [1.29, 1.82) is 0 Å². The second-order valence-corrected chi connectivity index (χ2v) is 4.83. The summed E-state index contributed by atoms with van der Waals surface area (Å²) >= 11 is 0. The molecule has 0 spiro atoms. The molecule has 1 aliphatic rings. The number of likely N-dealkylation sites (tertiary alicyclic amines) is 1. The molecule has 0 radical (unpaired) electrons. The molecule has 1 amide bonds. The lowest BCUT2D eigenvalue weighted by Crippen LogP contribution is -2.40. The number of ether oxygens (including phenoxy) is 1. The van der Waals surface area contributed by atoms with Crippen LogP contribution in [-0.2, 0) is 0 Å². The molecule has 0 unspecified atom stereocenters. The number of para-hydroxylation sites is 1. The maximum atomic E-state index is 12.2. The van der Waals surface area contributed by atoms with Crippen LogP contribution >= 0.6 is 0 Å². The fraction of sp³-hybridized carbons (Fsp3) is 0.533. The van der Waals surface area contributed by atoms with Crippen molar-refractivity contribution in [3.8, 4) is 5.75 Å². The Hall–Kier alpha value is -1.55. The summed E-state index contributed by atoms with van der Waals surface area (Å²) < 4.78 is 5.21. The van der Waals surface area contributed by atoms with E-state index in [0.29, 0.717) is 23.9 Å². The highest BCUT2D eigenvalue weighted by Gasteiger charge is 2.23. The fourth-order valence-electron chi connectivity index (χ4n) is 2.68. The van der Waals surface area contributed by atoms with Crippen LogP contribution in [0.1, 0.15) is 30.1 Å². The molecule has 1 aliphatic heterocycles. The molecule has 1 atom stereocenters. The molecule has 104 valence electrons. The van der Waals surface area contributed by atoms with Crippen molar-refractivity contribution in [3.63, 3.8) is 0 Å². The Labute approximate surface area is 114 Å². The van der Waals surface area contributed by atoms with Crippen molar-refractivity contribution in [1.82, 2.24) is 10.2 Å². The minimum atomic E-state index is -0.0552. The number of carbonyl (C=O) groups excluding carboxylic acids is 1. The molecule has 0 aromatic heterocycles. The number of nitrogens with zero attached hydrogens (tertiary/aromatic N) is 1. The summed E-state index contributed by atoms with van der Waals surface area (Å²) in [5, 5.41) is 3.02.